The van der Waals surface area contributed by atoms with Crippen LogP contribution < -0.4 is 15.4 Å². The van der Waals surface area contributed by atoms with Crippen LogP contribution in [-0.4, -0.2) is 24.2 Å². The Morgan fingerprint density at radius 1 is 1.04 bits per heavy atom. The molecule has 2 aromatic rings. The first-order chi connectivity index (χ1) is 13.5. The van der Waals surface area contributed by atoms with Crippen LogP contribution in [0.1, 0.15) is 37.2 Å². The highest BCUT2D eigenvalue weighted by Crippen LogP contribution is 2.36. The summed E-state index contributed by atoms with van der Waals surface area (Å²) in [7, 11) is 1.52. The number of carbonyl (C=O) groups is 2. The van der Waals surface area contributed by atoms with Crippen LogP contribution in [0.3, 0.4) is 0 Å². The van der Waals surface area contributed by atoms with Gasteiger partial charge in [-0.3, -0.25) is 4.79 Å². The van der Waals surface area contributed by atoms with Crippen molar-refractivity contribution in [2.45, 2.75) is 31.6 Å². The van der Waals surface area contributed by atoms with Crippen LogP contribution in [0.15, 0.2) is 42.5 Å². The van der Waals surface area contributed by atoms with E-state index in [1.807, 2.05) is 24.3 Å². The van der Waals surface area contributed by atoms with Crippen LogP contribution in [0.2, 0.25) is 5.02 Å². The zero-order valence-electron chi connectivity index (χ0n) is 15.6. The highest BCUT2D eigenvalue weighted by atomic mass is 35.5. The third kappa shape index (κ3) is 4.95. The molecule has 0 atom stereocenters. The van der Waals surface area contributed by atoms with E-state index >= 15 is 0 Å². The molecule has 3 rings (SSSR count). The fourth-order valence-corrected chi connectivity index (χ4v) is 3.75. The molecule has 1 fully saturated rings. The molecule has 1 saturated carbocycles. The van der Waals surface area contributed by atoms with Crippen molar-refractivity contribution in [3.63, 3.8) is 0 Å². The van der Waals surface area contributed by atoms with Gasteiger partial charge >= 0.3 is 12.0 Å². The first kappa shape index (κ1) is 20.0. The lowest BCUT2D eigenvalue weighted by atomic mass is 9.79. The van der Waals surface area contributed by atoms with Crippen LogP contribution in [0.25, 0.3) is 0 Å². The Balaban J connectivity index is 1.58. The molecular weight excluding hydrogens is 380 g/mol. The van der Waals surface area contributed by atoms with Crippen molar-refractivity contribution in [3.8, 4) is 5.75 Å². The molecule has 2 aromatic carbocycles. The number of aliphatic carboxylic acids is 1. The summed E-state index contributed by atoms with van der Waals surface area (Å²) in [4.78, 5) is 23.3. The predicted octanol–water partition coefficient (Wildman–Crippen LogP) is 5.35. The predicted molar refractivity (Wildman–Crippen MR) is 109 cm³/mol. The number of ether oxygens (including phenoxy) is 1. The van der Waals surface area contributed by atoms with E-state index in [0.717, 1.165) is 12.8 Å². The normalized spacial score (nSPS) is 18.9. The van der Waals surface area contributed by atoms with Crippen molar-refractivity contribution >= 4 is 35.0 Å². The Bertz CT molecular complexity index is 846. The summed E-state index contributed by atoms with van der Waals surface area (Å²) in [5, 5.41) is 15.1. The van der Waals surface area contributed by atoms with Crippen molar-refractivity contribution in [1.29, 1.82) is 0 Å². The number of nitrogens with one attached hydrogen (secondary N) is 2. The summed E-state index contributed by atoms with van der Waals surface area (Å²) in [5.74, 6) is -0.0224. The van der Waals surface area contributed by atoms with Crippen molar-refractivity contribution in [2.75, 3.05) is 17.7 Å². The molecule has 7 heteroatoms. The summed E-state index contributed by atoms with van der Waals surface area (Å²) in [5.41, 5.74) is 2.33. The van der Waals surface area contributed by atoms with E-state index in [2.05, 4.69) is 10.6 Å². The highest BCUT2D eigenvalue weighted by Gasteiger charge is 2.26. The molecule has 1 aliphatic carbocycles. The minimum atomic E-state index is -0.694. The number of halogens is 1. The molecule has 148 valence electrons. The van der Waals surface area contributed by atoms with Crippen molar-refractivity contribution in [3.05, 3.63) is 53.1 Å². The minimum Gasteiger partial charge on any atom is -0.495 e. The topological polar surface area (TPSA) is 87.7 Å². The lowest BCUT2D eigenvalue weighted by Crippen LogP contribution is -2.21. The molecule has 0 saturated heterocycles. The summed E-state index contributed by atoms with van der Waals surface area (Å²) >= 11 is 5.98. The molecule has 0 radical (unpaired) electrons. The first-order valence-electron chi connectivity index (χ1n) is 9.20. The number of anilines is 2. The second kappa shape index (κ2) is 8.97. The SMILES string of the molecule is COc1ccc(Cl)cc1NC(=O)Nc1ccc(C2CCC(C(=O)O)CC2)cc1. The zero-order valence-corrected chi connectivity index (χ0v) is 16.3. The highest BCUT2D eigenvalue weighted by molar-refractivity contribution is 6.31. The van der Waals surface area contributed by atoms with Gasteiger partial charge in [0, 0.05) is 10.7 Å². The summed E-state index contributed by atoms with van der Waals surface area (Å²) in [6, 6.07) is 12.3. The zero-order chi connectivity index (χ0) is 20.1. The molecule has 0 heterocycles. The van der Waals surface area contributed by atoms with E-state index in [9.17, 15) is 9.59 Å². The van der Waals surface area contributed by atoms with Gasteiger partial charge < -0.3 is 20.5 Å². The summed E-state index contributed by atoms with van der Waals surface area (Å²) in [6.45, 7) is 0. The molecule has 2 amide bonds. The largest absolute Gasteiger partial charge is 0.495 e. The van der Waals surface area contributed by atoms with Crippen LogP contribution in [0.4, 0.5) is 16.2 Å². The van der Waals surface area contributed by atoms with Gasteiger partial charge in [0.25, 0.3) is 0 Å². The Labute approximate surface area is 168 Å². The van der Waals surface area contributed by atoms with Gasteiger partial charge in [-0.1, -0.05) is 23.7 Å². The van der Waals surface area contributed by atoms with E-state index in [4.69, 9.17) is 21.4 Å². The molecule has 3 N–H and O–H groups in total. The van der Waals surface area contributed by atoms with Gasteiger partial charge in [0.05, 0.1) is 18.7 Å². The fraction of sp³-hybridized carbons (Fsp3) is 0.333. The summed E-state index contributed by atoms with van der Waals surface area (Å²) < 4.78 is 5.22. The Kier molecular flexibility index (Phi) is 6.41. The second-order valence-corrected chi connectivity index (χ2v) is 7.37. The van der Waals surface area contributed by atoms with Crippen LogP contribution in [0.5, 0.6) is 5.75 Å². The van der Waals surface area contributed by atoms with Gasteiger partial charge in [-0.2, -0.15) is 0 Å². The van der Waals surface area contributed by atoms with E-state index < -0.39 is 12.0 Å². The maximum absolute atomic E-state index is 12.3. The van der Waals surface area contributed by atoms with E-state index in [1.165, 1.54) is 12.7 Å². The number of carbonyl (C=O) groups excluding carboxylic acids is 1. The number of rotatable bonds is 5. The fourth-order valence-electron chi connectivity index (χ4n) is 3.57. The van der Waals surface area contributed by atoms with Gasteiger partial charge in [0.1, 0.15) is 5.75 Å². The van der Waals surface area contributed by atoms with Crippen LogP contribution in [0, 0.1) is 5.92 Å². The van der Waals surface area contributed by atoms with Gasteiger partial charge in [0.15, 0.2) is 0 Å². The monoisotopic (exact) mass is 402 g/mol. The number of amides is 2. The molecule has 0 aromatic heterocycles. The maximum Gasteiger partial charge on any atom is 0.323 e. The van der Waals surface area contributed by atoms with E-state index in [0.29, 0.717) is 40.9 Å². The van der Waals surface area contributed by atoms with Crippen molar-refractivity contribution < 1.29 is 19.4 Å². The van der Waals surface area contributed by atoms with Gasteiger partial charge in [-0.25, -0.2) is 4.79 Å². The van der Waals surface area contributed by atoms with Crippen LogP contribution >= 0.6 is 11.6 Å². The lowest BCUT2D eigenvalue weighted by Gasteiger charge is -2.26. The Hall–Kier alpha value is -2.73. The number of carboxylic acids is 1. The molecule has 1 aliphatic rings. The number of methoxy groups -OCH3 is 1. The molecular formula is C21H23ClN2O4. The average molecular weight is 403 g/mol. The third-order valence-electron chi connectivity index (χ3n) is 5.13. The van der Waals surface area contributed by atoms with E-state index in [1.54, 1.807) is 18.2 Å². The number of urea groups is 1. The summed E-state index contributed by atoms with van der Waals surface area (Å²) in [6.07, 6.45) is 3.17. The molecule has 0 unspecified atom stereocenters. The van der Waals surface area contributed by atoms with Crippen LogP contribution in [-0.2, 0) is 4.79 Å². The number of hydrogen-bond acceptors (Lipinski definition) is 3. The lowest BCUT2D eigenvalue weighted by molar-refractivity contribution is -0.142. The molecule has 6 nitrogen and oxygen atoms in total. The third-order valence-corrected chi connectivity index (χ3v) is 5.36. The average Bonchev–Trinajstić information content (AvgIpc) is 2.69. The van der Waals surface area contributed by atoms with Gasteiger partial charge in [0.2, 0.25) is 0 Å². The smallest absolute Gasteiger partial charge is 0.323 e. The number of hydrogen-bond donors (Lipinski definition) is 3. The molecule has 0 bridgehead atoms. The van der Waals surface area contributed by atoms with Crippen molar-refractivity contribution in [1.82, 2.24) is 0 Å². The van der Waals surface area contributed by atoms with E-state index in [-0.39, 0.29) is 5.92 Å². The molecule has 0 spiro atoms. The Morgan fingerprint density at radius 3 is 2.32 bits per heavy atom. The maximum atomic E-state index is 12.3. The van der Waals surface area contributed by atoms with Gasteiger partial charge in [-0.15, -0.1) is 0 Å². The number of carboxylic acid groups (broad SMARTS) is 1. The molecule has 0 aliphatic heterocycles. The minimum absolute atomic E-state index is 0.218. The van der Waals surface area contributed by atoms with Crippen molar-refractivity contribution in [2.24, 2.45) is 5.92 Å². The molecule has 28 heavy (non-hydrogen) atoms. The quantitative estimate of drug-likeness (QED) is 0.628. The Morgan fingerprint density at radius 2 is 1.71 bits per heavy atom. The van der Waals surface area contributed by atoms with Gasteiger partial charge in [-0.05, 0) is 67.5 Å². The number of benzene rings is 2. The second-order valence-electron chi connectivity index (χ2n) is 6.93. The first-order valence-corrected chi connectivity index (χ1v) is 9.58. The standard InChI is InChI=1S/C21H23ClN2O4/c1-28-19-11-8-16(22)12-18(19)24-21(27)23-17-9-6-14(7-10-17)13-2-4-15(5-3-13)20(25)26/h6-13,15H,2-5H2,1H3,(H,25,26)(H2,23,24,27).